The zero-order valence-electron chi connectivity index (χ0n) is 17.8. The summed E-state index contributed by atoms with van der Waals surface area (Å²) in [6.07, 6.45) is 7.03. The molecule has 8 heteroatoms. The van der Waals surface area contributed by atoms with Crippen LogP contribution in [0.25, 0.3) is 22.0 Å². The van der Waals surface area contributed by atoms with E-state index in [0.29, 0.717) is 22.5 Å². The first-order chi connectivity index (χ1) is 14.8. The Morgan fingerprint density at radius 2 is 1.90 bits per heavy atom. The molecule has 5 rings (SSSR count). The summed E-state index contributed by atoms with van der Waals surface area (Å²) in [4.78, 5) is 28.9. The van der Waals surface area contributed by atoms with Crippen LogP contribution in [0.1, 0.15) is 19.4 Å². The zero-order chi connectivity index (χ0) is 21.9. The molecule has 4 heterocycles. The summed E-state index contributed by atoms with van der Waals surface area (Å²) >= 11 is 0. The first kappa shape index (κ1) is 19.2. The summed E-state index contributed by atoms with van der Waals surface area (Å²) in [5, 5.41) is 8.10. The van der Waals surface area contributed by atoms with Crippen molar-refractivity contribution < 1.29 is 9.53 Å². The Balaban J connectivity index is 1.77. The van der Waals surface area contributed by atoms with Crippen LogP contribution < -0.4 is 15.6 Å². The number of ether oxygens (including phenoxy) is 1. The number of rotatable bonds is 3. The molecule has 1 amide bonds. The van der Waals surface area contributed by atoms with Crippen LogP contribution in [-0.4, -0.2) is 25.2 Å². The number of carbonyl (C=O) groups is 1. The van der Waals surface area contributed by atoms with Gasteiger partial charge in [-0.15, -0.1) is 0 Å². The number of nitrogens with one attached hydrogen (secondary N) is 2. The fourth-order valence-corrected chi connectivity index (χ4v) is 4.38. The lowest BCUT2D eigenvalue weighted by Crippen LogP contribution is -2.52. The lowest BCUT2D eigenvalue weighted by molar-refractivity contribution is -0.137. The van der Waals surface area contributed by atoms with Crippen molar-refractivity contribution in [3.8, 4) is 16.9 Å². The quantitative estimate of drug-likeness (QED) is 0.535. The third-order valence-corrected chi connectivity index (χ3v) is 5.99. The number of pyridine rings is 1. The summed E-state index contributed by atoms with van der Waals surface area (Å²) < 4.78 is 9.82. The maximum absolute atomic E-state index is 13.3. The van der Waals surface area contributed by atoms with E-state index in [4.69, 9.17) is 4.74 Å². The summed E-state index contributed by atoms with van der Waals surface area (Å²) in [7, 11) is 3.53. The molecule has 0 saturated heterocycles. The monoisotopic (exact) mass is 417 g/mol. The third-order valence-electron chi connectivity index (χ3n) is 5.99. The fraction of sp³-hybridized carbons (Fsp3) is 0.261. The van der Waals surface area contributed by atoms with Gasteiger partial charge in [0, 0.05) is 60.7 Å². The van der Waals surface area contributed by atoms with Crippen molar-refractivity contribution in [1.82, 2.24) is 19.3 Å². The van der Waals surface area contributed by atoms with Crippen LogP contribution in [0.5, 0.6) is 5.75 Å². The number of para-hydroxylation sites is 1. The van der Waals surface area contributed by atoms with Gasteiger partial charge in [0.1, 0.15) is 5.52 Å². The minimum Gasteiger partial charge on any atom is -0.469 e. The second-order valence-electron chi connectivity index (χ2n) is 8.26. The van der Waals surface area contributed by atoms with Crippen molar-refractivity contribution in [2.75, 3.05) is 5.32 Å². The van der Waals surface area contributed by atoms with E-state index in [-0.39, 0.29) is 17.4 Å². The highest BCUT2D eigenvalue weighted by Gasteiger charge is 2.50. The predicted octanol–water partition coefficient (Wildman–Crippen LogP) is 3.15. The van der Waals surface area contributed by atoms with Crippen LogP contribution in [0, 0.1) is 5.92 Å². The molecule has 2 N–H and O–H groups in total. The number of carbonyl (C=O) groups excluding carboxylic acids is 1. The molecule has 0 bridgehead atoms. The normalized spacial score (nSPS) is 18.2. The predicted molar refractivity (Wildman–Crippen MR) is 118 cm³/mol. The molecule has 8 nitrogen and oxygen atoms in total. The zero-order valence-corrected chi connectivity index (χ0v) is 17.8. The molecule has 158 valence electrons. The van der Waals surface area contributed by atoms with Crippen LogP contribution in [0.2, 0.25) is 0 Å². The Kier molecular flexibility index (Phi) is 4.08. The van der Waals surface area contributed by atoms with Crippen LogP contribution in [0.3, 0.4) is 0 Å². The van der Waals surface area contributed by atoms with Gasteiger partial charge in [-0.25, -0.2) is 0 Å². The van der Waals surface area contributed by atoms with Crippen molar-refractivity contribution >= 4 is 22.5 Å². The van der Waals surface area contributed by atoms with Gasteiger partial charge < -0.3 is 19.6 Å². The number of H-pyrrole nitrogens is 1. The molecular formula is C23H23N5O3. The van der Waals surface area contributed by atoms with Crippen LogP contribution in [-0.2, 0) is 24.5 Å². The number of nitrogens with zero attached hydrogens (tertiary/aromatic N) is 3. The highest BCUT2D eigenvalue weighted by Crippen LogP contribution is 2.48. The highest BCUT2D eigenvalue weighted by atomic mass is 16.5. The first-order valence-corrected chi connectivity index (χ1v) is 10.1. The van der Waals surface area contributed by atoms with Gasteiger partial charge in [0.15, 0.2) is 5.75 Å². The van der Waals surface area contributed by atoms with E-state index in [1.165, 1.54) is 0 Å². The van der Waals surface area contributed by atoms with Gasteiger partial charge in [0.2, 0.25) is 5.60 Å². The van der Waals surface area contributed by atoms with Gasteiger partial charge in [0.25, 0.3) is 11.5 Å². The molecule has 0 saturated carbocycles. The van der Waals surface area contributed by atoms with Gasteiger partial charge in [-0.3, -0.25) is 14.3 Å². The van der Waals surface area contributed by atoms with Crippen molar-refractivity contribution in [3.63, 3.8) is 0 Å². The molecule has 1 unspecified atom stereocenters. The number of benzene rings is 1. The number of hydrogen-bond donors (Lipinski definition) is 2. The van der Waals surface area contributed by atoms with Crippen LogP contribution >= 0.6 is 0 Å². The molecule has 31 heavy (non-hydrogen) atoms. The van der Waals surface area contributed by atoms with Gasteiger partial charge in [0.05, 0.1) is 11.9 Å². The van der Waals surface area contributed by atoms with Crippen molar-refractivity contribution in [2.45, 2.75) is 19.4 Å². The maximum Gasteiger partial charge on any atom is 0.274 e. The van der Waals surface area contributed by atoms with Gasteiger partial charge in [-0.05, 0) is 12.1 Å². The van der Waals surface area contributed by atoms with Crippen LogP contribution in [0.4, 0.5) is 5.69 Å². The second kappa shape index (κ2) is 6.60. The summed E-state index contributed by atoms with van der Waals surface area (Å²) in [5.74, 6) is 0.179. The maximum atomic E-state index is 13.3. The van der Waals surface area contributed by atoms with E-state index < -0.39 is 5.60 Å². The van der Waals surface area contributed by atoms with Crippen molar-refractivity contribution in [3.05, 3.63) is 65.0 Å². The molecule has 0 spiro atoms. The molecule has 0 fully saturated rings. The number of aromatic amines is 1. The second-order valence-corrected chi connectivity index (χ2v) is 8.26. The lowest BCUT2D eigenvalue weighted by Gasteiger charge is -2.40. The average Bonchev–Trinajstić information content (AvgIpc) is 3.39. The molecule has 0 aliphatic carbocycles. The molecule has 4 aromatic rings. The van der Waals surface area contributed by atoms with Crippen molar-refractivity contribution in [2.24, 2.45) is 20.0 Å². The highest BCUT2D eigenvalue weighted by molar-refractivity contribution is 6.05. The third kappa shape index (κ3) is 2.64. The molecule has 1 aliphatic heterocycles. The Morgan fingerprint density at radius 1 is 1.10 bits per heavy atom. The standard InChI is InChI=1S/C23H23N5O3/c1-13(2)23(14-10-25-28(4)11-14)22(30)26-18-7-5-6-16(20(18)31-23)17-12-27(3)21(29)19-15(17)8-9-24-19/h5-13,24H,1-4H3,(H,26,30). The molecule has 1 atom stereocenters. The van der Waals surface area contributed by atoms with Crippen LogP contribution in [0.15, 0.2) is 53.8 Å². The molecule has 3 aromatic heterocycles. The van der Waals surface area contributed by atoms with E-state index in [0.717, 1.165) is 16.5 Å². The Morgan fingerprint density at radius 3 is 2.61 bits per heavy atom. The van der Waals surface area contributed by atoms with Gasteiger partial charge in [-0.1, -0.05) is 26.0 Å². The average molecular weight is 417 g/mol. The Bertz CT molecular complexity index is 1390. The number of anilines is 1. The lowest BCUT2D eigenvalue weighted by atomic mass is 9.82. The van der Waals surface area contributed by atoms with E-state index in [2.05, 4.69) is 15.4 Å². The van der Waals surface area contributed by atoms with Gasteiger partial charge >= 0.3 is 0 Å². The molecule has 1 aromatic carbocycles. The number of fused-ring (bicyclic) bond motifs is 2. The Labute approximate surface area is 178 Å². The number of aryl methyl sites for hydroxylation is 2. The van der Waals surface area contributed by atoms with Gasteiger partial charge in [-0.2, -0.15) is 5.10 Å². The largest absolute Gasteiger partial charge is 0.469 e. The van der Waals surface area contributed by atoms with E-state index in [9.17, 15) is 9.59 Å². The Hall–Kier alpha value is -3.81. The topological polar surface area (TPSA) is 93.9 Å². The first-order valence-electron chi connectivity index (χ1n) is 10.1. The van der Waals surface area contributed by atoms with E-state index in [1.54, 1.807) is 34.9 Å². The summed E-state index contributed by atoms with van der Waals surface area (Å²) in [5.41, 5.74) is 2.13. The minimum absolute atomic E-state index is 0.102. The van der Waals surface area contributed by atoms with E-state index >= 15 is 0 Å². The number of amides is 1. The minimum atomic E-state index is -1.23. The fourth-order valence-electron chi connectivity index (χ4n) is 4.38. The smallest absolute Gasteiger partial charge is 0.274 e. The molecular weight excluding hydrogens is 394 g/mol. The molecule has 1 aliphatic rings. The SMILES string of the molecule is CC(C)C1(c2cnn(C)c2)Oc2c(cccc2-c2cn(C)c(=O)c3[nH]ccc23)NC1=O. The van der Waals surface area contributed by atoms with Crippen molar-refractivity contribution in [1.29, 1.82) is 0 Å². The number of hydrogen-bond acceptors (Lipinski definition) is 4. The number of aromatic nitrogens is 4. The summed E-state index contributed by atoms with van der Waals surface area (Å²) in [6, 6.07) is 7.51. The molecule has 0 radical (unpaired) electrons. The summed E-state index contributed by atoms with van der Waals surface area (Å²) in [6.45, 7) is 3.91. The van der Waals surface area contributed by atoms with E-state index in [1.807, 2.05) is 51.4 Å².